The van der Waals surface area contributed by atoms with Gasteiger partial charge in [-0.05, 0) is 36.4 Å². The molecule has 0 saturated carbocycles. The predicted octanol–water partition coefficient (Wildman–Crippen LogP) is 4.68. The molecule has 0 spiro atoms. The van der Waals surface area contributed by atoms with E-state index in [4.69, 9.17) is 0 Å². The fraction of sp³-hybridized carbons (Fsp3) is 0.0769. The summed E-state index contributed by atoms with van der Waals surface area (Å²) in [6, 6.07) is 18.9. The van der Waals surface area contributed by atoms with E-state index in [1.54, 1.807) is 36.9 Å². The smallest absolute Gasteiger partial charge is 0.146 e. The van der Waals surface area contributed by atoms with Crippen molar-refractivity contribution in [1.82, 2.24) is 29.1 Å². The van der Waals surface area contributed by atoms with Crippen molar-refractivity contribution in [3.63, 3.8) is 0 Å². The summed E-state index contributed by atoms with van der Waals surface area (Å²) in [4.78, 5) is 17.1. The van der Waals surface area contributed by atoms with E-state index in [1.807, 2.05) is 71.8 Å². The number of aromatic nitrogens is 6. The molecular formula is C26H22N6O2Zn. The molecule has 0 amide bonds. The van der Waals surface area contributed by atoms with Crippen molar-refractivity contribution in [3.05, 3.63) is 85.5 Å². The molecule has 4 aromatic heterocycles. The molecule has 0 atom stereocenters. The van der Waals surface area contributed by atoms with Gasteiger partial charge in [-0.3, -0.25) is 9.97 Å². The minimum Gasteiger partial charge on any atom is -0.507 e. The zero-order valence-electron chi connectivity index (χ0n) is 19.4. The van der Waals surface area contributed by atoms with E-state index in [1.165, 1.54) is 0 Å². The van der Waals surface area contributed by atoms with Crippen molar-refractivity contribution in [2.24, 2.45) is 14.1 Å². The molecule has 2 N–H and O–H groups in total. The summed E-state index contributed by atoms with van der Waals surface area (Å²) in [6.07, 6.45) is 6.36. The van der Waals surface area contributed by atoms with Crippen molar-refractivity contribution in [2.45, 2.75) is 0 Å². The van der Waals surface area contributed by atoms with E-state index >= 15 is 0 Å². The second-order valence-corrected chi connectivity index (χ2v) is 7.75. The summed E-state index contributed by atoms with van der Waals surface area (Å²) in [7, 11) is 3.86. The maximum absolute atomic E-state index is 9.82. The van der Waals surface area contributed by atoms with Crippen LogP contribution in [-0.2, 0) is 33.6 Å². The molecule has 0 fully saturated rings. The summed E-state index contributed by atoms with van der Waals surface area (Å²) in [6.45, 7) is 0. The number of benzene rings is 2. The van der Waals surface area contributed by atoms with Crippen LogP contribution in [0.4, 0.5) is 0 Å². The zero-order valence-corrected chi connectivity index (χ0v) is 22.3. The average Bonchev–Trinajstić information content (AvgIpc) is 3.37. The summed E-state index contributed by atoms with van der Waals surface area (Å²) < 4.78 is 3.90. The SMILES string of the molecule is Cn1c(-c2cnccc2O)nc2ccccc21.Cn1c(-c2cnccc2O)nc2ccccc21.[Zn]. The van der Waals surface area contributed by atoms with Gasteiger partial charge < -0.3 is 19.3 Å². The van der Waals surface area contributed by atoms with Crippen LogP contribution < -0.4 is 0 Å². The molecule has 0 aliphatic heterocycles. The maximum atomic E-state index is 9.82. The van der Waals surface area contributed by atoms with Crippen LogP contribution in [0, 0.1) is 0 Å². The Morgan fingerprint density at radius 2 is 1.00 bits per heavy atom. The van der Waals surface area contributed by atoms with E-state index in [0.717, 1.165) is 33.7 Å². The van der Waals surface area contributed by atoms with Crippen LogP contribution >= 0.6 is 0 Å². The normalized spacial score (nSPS) is 10.6. The number of para-hydroxylation sites is 4. The first-order valence-corrected chi connectivity index (χ1v) is 10.6. The molecule has 0 saturated heterocycles. The van der Waals surface area contributed by atoms with Crippen molar-refractivity contribution in [3.8, 4) is 34.3 Å². The molecule has 0 aliphatic rings. The van der Waals surface area contributed by atoms with Gasteiger partial charge in [0.1, 0.15) is 23.1 Å². The number of hydrogen-bond acceptors (Lipinski definition) is 6. The van der Waals surface area contributed by atoms with Gasteiger partial charge in [0, 0.05) is 58.4 Å². The fourth-order valence-electron chi connectivity index (χ4n) is 3.89. The van der Waals surface area contributed by atoms with Crippen LogP contribution in [-0.4, -0.2) is 39.3 Å². The molecule has 170 valence electrons. The quantitative estimate of drug-likeness (QED) is 0.325. The van der Waals surface area contributed by atoms with Gasteiger partial charge in [0.05, 0.1) is 33.2 Å². The Balaban J connectivity index is 0.000000160. The first kappa shape index (κ1) is 24.0. The number of fused-ring (bicyclic) bond motifs is 2. The fourth-order valence-corrected chi connectivity index (χ4v) is 3.89. The van der Waals surface area contributed by atoms with Crippen LogP contribution in [0.3, 0.4) is 0 Å². The van der Waals surface area contributed by atoms with Crippen molar-refractivity contribution in [2.75, 3.05) is 0 Å². The minimum atomic E-state index is 0. The predicted molar refractivity (Wildman–Crippen MR) is 131 cm³/mol. The second kappa shape index (κ2) is 10.0. The van der Waals surface area contributed by atoms with E-state index in [2.05, 4.69) is 19.9 Å². The summed E-state index contributed by atoms with van der Waals surface area (Å²) in [5.41, 5.74) is 5.18. The number of rotatable bonds is 2. The third-order valence-electron chi connectivity index (χ3n) is 5.65. The van der Waals surface area contributed by atoms with Crippen LogP contribution in [0.15, 0.2) is 85.5 Å². The number of aryl methyl sites for hydroxylation is 2. The van der Waals surface area contributed by atoms with Gasteiger partial charge in [0.15, 0.2) is 0 Å². The van der Waals surface area contributed by atoms with E-state index in [9.17, 15) is 10.2 Å². The number of imidazole rings is 2. The van der Waals surface area contributed by atoms with Gasteiger partial charge in [0.25, 0.3) is 0 Å². The standard InChI is InChI=1S/2C13H11N3O.Zn/c2*1-16-11-5-3-2-4-10(11)15-13(16)9-8-14-7-6-12(9)17;/h2*2-8H,1H3,(H,14,17);. The Kier molecular flexibility index (Phi) is 6.89. The molecule has 0 radical (unpaired) electrons. The topological polar surface area (TPSA) is 102 Å². The summed E-state index contributed by atoms with van der Waals surface area (Å²) in [5, 5.41) is 19.6. The Hall–Kier alpha value is -4.10. The van der Waals surface area contributed by atoms with Crippen molar-refractivity contribution < 1.29 is 29.7 Å². The van der Waals surface area contributed by atoms with Gasteiger partial charge in [-0.2, -0.15) is 0 Å². The van der Waals surface area contributed by atoms with Gasteiger partial charge in [-0.25, -0.2) is 9.97 Å². The van der Waals surface area contributed by atoms with Gasteiger partial charge >= 0.3 is 0 Å². The maximum Gasteiger partial charge on any atom is 0.146 e. The Bertz CT molecular complexity index is 1500. The van der Waals surface area contributed by atoms with Crippen molar-refractivity contribution >= 4 is 22.1 Å². The summed E-state index contributed by atoms with van der Waals surface area (Å²) in [5.74, 6) is 1.82. The Labute approximate surface area is 214 Å². The monoisotopic (exact) mass is 514 g/mol. The first-order chi connectivity index (χ1) is 16.5. The molecule has 2 aromatic carbocycles. The molecule has 9 heteroatoms. The molecule has 8 nitrogen and oxygen atoms in total. The third kappa shape index (κ3) is 4.50. The molecular weight excluding hydrogens is 494 g/mol. The van der Waals surface area contributed by atoms with Gasteiger partial charge in [-0.1, -0.05) is 24.3 Å². The molecule has 0 bridgehead atoms. The van der Waals surface area contributed by atoms with Crippen LogP contribution in [0.5, 0.6) is 11.5 Å². The Morgan fingerprint density at radius 1 is 0.600 bits per heavy atom. The van der Waals surface area contributed by atoms with Crippen LogP contribution in [0.2, 0.25) is 0 Å². The first-order valence-electron chi connectivity index (χ1n) is 10.6. The number of hydrogen-bond donors (Lipinski definition) is 2. The molecule has 0 unspecified atom stereocenters. The van der Waals surface area contributed by atoms with E-state index in [-0.39, 0.29) is 31.0 Å². The van der Waals surface area contributed by atoms with E-state index < -0.39 is 0 Å². The number of nitrogens with zero attached hydrogens (tertiary/aromatic N) is 6. The van der Waals surface area contributed by atoms with Crippen molar-refractivity contribution in [1.29, 1.82) is 0 Å². The van der Waals surface area contributed by atoms with Crippen LogP contribution in [0.25, 0.3) is 44.8 Å². The van der Waals surface area contributed by atoms with Gasteiger partial charge in [0.2, 0.25) is 0 Å². The number of aromatic hydroxyl groups is 2. The summed E-state index contributed by atoms with van der Waals surface area (Å²) >= 11 is 0. The third-order valence-corrected chi connectivity index (χ3v) is 5.65. The zero-order chi connectivity index (χ0) is 23.7. The Morgan fingerprint density at radius 3 is 1.37 bits per heavy atom. The minimum absolute atomic E-state index is 0. The van der Waals surface area contributed by atoms with E-state index in [0.29, 0.717) is 11.1 Å². The molecule has 6 rings (SSSR count). The second-order valence-electron chi connectivity index (χ2n) is 7.75. The average molecular weight is 516 g/mol. The molecule has 0 aliphatic carbocycles. The molecule has 35 heavy (non-hydrogen) atoms. The molecule has 4 heterocycles. The number of pyridine rings is 2. The van der Waals surface area contributed by atoms with Crippen LogP contribution in [0.1, 0.15) is 0 Å². The molecule has 6 aromatic rings. The largest absolute Gasteiger partial charge is 0.507 e. The van der Waals surface area contributed by atoms with Gasteiger partial charge in [-0.15, -0.1) is 0 Å².